The molecule has 0 radical (unpaired) electrons. The maximum absolute atomic E-state index is 4.42. The van der Waals surface area contributed by atoms with E-state index in [1.807, 2.05) is 39.6 Å². The van der Waals surface area contributed by atoms with Crippen LogP contribution in [0.4, 0.5) is 5.82 Å². The van der Waals surface area contributed by atoms with E-state index in [9.17, 15) is 0 Å². The van der Waals surface area contributed by atoms with Crippen molar-refractivity contribution < 1.29 is 0 Å². The van der Waals surface area contributed by atoms with Crippen LogP contribution in [0.25, 0.3) is 0 Å². The van der Waals surface area contributed by atoms with E-state index in [0.29, 0.717) is 6.04 Å². The molecule has 3 rings (SSSR count). The molecule has 116 valence electrons. The SMILES string of the molecule is Cc1ncc(CN2CCCC2c2ccnc(N(C)C)c2)cn1. The number of likely N-dealkylation sites (tertiary alicyclic amines) is 1. The van der Waals surface area contributed by atoms with Crippen molar-refractivity contribution in [2.75, 3.05) is 25.5 Å². The van der Waals surface area contributed by atoms with Gasteiger partial charge in [0.05, 0.1) is 0 Å². The van der Waals surface area contributed by atoms with Gasteiger partial charge in [-0.15, -0.1) is 0 Å². The van der Waals surface area contributed by atoms with Gasteiger partial charge in [-0.05, 0) is 44.0 Å². The predicted octanol–water partition coefficient (Wildman–Crippen LogP) is 2.58. The molecule has 1 unspecified atom stereocenters. The summed E-state index contributed by atoms with van der Waals surface area (Å²) in [6, 6.07) is 4.80. The van der Waals surface area contributed by atoms with Crippen molar-refractivity contribution in [3.8, 4) is 0 Å². The Morgan fingerprint density at radius 1 is 1.23 bits per heavy atom. The summed E-state index contributed by atoms with van der Waals surface area (Å²) in [5, 5.41) is 0. The highest BCUT2D eigenvalue weighted by molar-refractivity contribution is 5.40. The zero-order valence-electron chi connectivity index (χ0n) is 13.5. The van der Waals surface area contributed by atoms with Gasteiger partial charge in [0.2, 0.25) is 0 Å². The lowest BCUT2D eigenvalue weighted by atomic mass is 10.1. The first-order chi connectivity index (χ1) is 10.6. The second-order valence-electron chi connectivity index (χ2n) is 6.11. The van der Waals surface area contributed by atoms with Crippen molar-refractivity contribution in [3.05, 3.63) is 47.7 Å². The van der Waals surface area contributed by atoms with Gasteiger partial charge in [-0.2, -0.15) is 0 Å². The van der Waals surface area contributed by atoms with E-state index in [-0.39, 0.29) is 0 Å². The van der Waals surface area contributed by atoms with E-state index in [1.165, 1.54) is 24.0 Å². The van der Waals surface area contributed by atoms with Gasteiger partial charge in [-0.25, -0.2) is 15.0 Å². The summed E-state index contributed by atoms with van der Waals surface area (Å²) in [6.45, 7) is 3.95. The minimum atomic E-state index is 0.461. The third-order valence-corrected chi connectivity index (χ3v) is 4.20. The number of nitrogens with zero attached hydrogens (tertiary/aromatic N) is 5. The Balaban J connectivity index is 1.78. The molecule has 3 heterocycles. The zero-order valence-corrected chi connectivity index (χ0v) is 13.5. The molecule has 1 fully saturated rings. The lowest BCUT2D eigenvalue weighted by molar-refractivity contribution is 0.248. The van der Waals surface area contributed by atoms with Crippen molar-refractivity contribution in [1.82, 2.24) is 19.9 Å². The molecular formula is C17H23N5. The van der Waals surface area contributed by atoms with Crippen molar-refractivity contribution in [1.29, 1.82) is 0 Å². The van der Waals surface area contributed by atoms with E-state index in [0.717, 1.165) is 24.7 Å². The molecular weight excluding hydrogens is 274 g/mol. The monoisotopic (exact) mass is 297 g/mol. The average Bonchev–Trinajstić information content (AvgIpc) is 2.98. The van der Waals surface area contributed by atoms with Crippen molar-refractivity contribution in [2.24, 2.45) is 0 Å². The molecule has 0 aromatic carbocycles. The minimum absolute atomic E-state index is 0.461. The van der Waals surface area contributed by atoms with Crippen LogP contribution in [-0.2, 0) is 6.54 Å². The number of hydrogen-bond donors (Lipinski definition) is 0. The van der Waals surface area contributed by atoms with Gasteiger partial charge in [0.1, 0.15) is 11.6 Å². The second-order valence-corrected chi connectivity index (χ2v) is 6.11. The topological polar surface area (TPSA) is 45.2 Å². The molecule has 1 atom stereocenters. The van der Waals surface area contributed by atoms with Crippen LogP contribution in [-0.4, -0.2) is 40.5 Å². The van der Waals surface area contributed by atoms with E-state index in [4.69, 9.17) is 0 Å². The van der Waals surface area contributed by atoms with Gasteiger partial charge >= 0.3 is 0 Å². The molecule has 0 bridgehead atoms. The van der Waals surface area contributed by atoms with Crippen LogP contribution < -0.4 is 4.90 Å². The Morgan fingerprint density at radius 3 is 2.73 bits per heavy atom. The van der Waals surface area contributed by atoms with Gasteiger partial charge in [0.15, 0.2) is 0 Å². The summed E-state index contributed by atoms with van der Waals surface area (Å²) in [4.78, 5) is 17.6. The molecule has 1 aliphatic heterocycles. The highest BCUT2D eigenvalue weighted by Crippen LogP contribution is 2.33. The Morgan fingerprint density at radius 2 is 2.00 bits per heavy atom. The maximum Gasteiger partial charge on any atom is 0.128 e. The van der Waals surface area contributed by atoms with E-state index >= 15 is 0 Å². The first-order valence-electron chi connectivity index (χ1n) is 7.78. The molecule has 2 aromatic heterocycles. The lowest BCUT2D eigenvalue weighted by Gasteiger charge is -2.25. The standard InChI is InChI=1S/C17H23N5/c1-13-19-10-14(11-20-13)12-22-8-4-5-16(22)15-6-7-18-17(9-15)21(2)3/h6-7,9-11,16H,4-5,8,12H2,1-3H3. The van der Waals surface area contributed by atoms with Gasteiger partial charge < -0.3 is 4.90 Å². The van der Waals surface area contributed by atoms with Gasteiger partial charge in [-0.3, -0.25) is 4.90 Å². The second kappa shape index (κ2) is 6.40. The number of pyridine rings is 1. The summed E-state index contributed by atoms with van der Waals surface area (Å²) in [5.74, 6) is 1.84. The molecule has 0 saturated carbocycles. The molecule has 1 aliphatic rings. The Labute approximate surface area is 132 Å². The summed E-state index contributed by atoms with van der Waals surface area (Å²) in [7, 11) is 4.06. The Bertz CT molecular complexity index is 623. The smallest absolute Gasteiger partial charge is 0.128 e. The van der Waals surface area contributed by atoms with Crippen LogP contribution in [0.1, 0.15) is 35.8 Å². The summed E-state index contributed by atoms with van der Waals surface area (Å²) < 4.78 is 0. The molecule has 2 aromatic rings. The fourth-order valence-electron chi connectivity index (χ4n) is 3.01. The predicted molar refractivity (Wildman–Crippen MR) is 87.7 cm³/mol. The van der Waals surface area contributed by atoms with E-state index in [1.54, 1.807) is 0 Å². The van der Waals surface area contributed by atoms with Crippen molar-refractivity contribution >= 4 is 5.82 Å². The molecule has 0 aliphatic carbocycles. The molecule has 5 heteroatoms. The Hall–Kier alpha value is -2.01. The Kier molecular flexibility index (Phi) is 4.34. The molecule has 22 heavy (non-hydrogen) atoms. The number of hydrogen-bond acceptors (Lipinski definition) is 5. The van der Waals surface area contributed by atoms with E-state index < -0.39 is 0 Å². The van der Waals surface area contributed by atoms with Crippen LogP contribution >= 0.6 is 0 Å². The first-order valence-corrected chi connectivity index (χ1v) is 7.78. The number of anilines is 1. The molecule has 1 saturated heterocycles. The zero-order chi connectivity index (χ0) is 15.5. The molecule has 5 nitrogen and oxygen atoms in total. The third kappa shape index (κ3) is 3.25. The van der Waals surface area contributed by atoms with Crippen molar-refractivity contribution in [3.63, 3.8) is 0 Å². The van der Waals surface area contributed by atoms with Crippen LogP contribution in [0.3, 0.4) is 0 Å². The summed E-state index contributed by atoms with van der Waals surface area (Å²) >= 11 is 0. The lowest BCUT2D eigenvalue weighted by Crippen LogP contribution is -2.23. The van der Waals surface area contributed by atoms with Gasteiger partial charge in [-0.1, -0.05) is 0 Å². The van der Waals surface area contributed by atoms with Crippen molar-refractivity contribution in [2.45, 2.75) is 32.4 Å². The largest absolute Gasteiger partial charge is 0.363 e. The molecule has 0 amide bonds. The third-order valence-electron chi connectivity index (χ3n) is 4.20. The number of aryl methyl sites for hydroxylation is 1. The summed E-state index contributed by atoms with van der Waals surface area (Å²) in [6.07, 6.45) is 8.22. The highest BCUT2D eigenvalue weighted by Gasteiger charge is 2.26. The van der Waals surface area contributed by atoms with Crippen LogP contribution in [0.5, 0.6) is 0 Å². The number of aromatic nitrogens is 3. The fourth-order valence-corrected chi connectivity index (χ4v) is 3.01. The minimum Gasteiger partial charge on any atom is -0.363 e. The summed E-state index contributed by atoms with van der Waals surface area (Å²) in [5.41, 5.74) is 2.53. The maximum atomic E-state index is 4.42. The van der Waals surface area contributed by atoms with Gasteiger partial charge in [0.25, 0.3) is 0 Å². The van der Waals surface area contributed by atoms with Gasteiger partial charge in [0, 0.05) is 50.8 Å². The van der Waals surface area contributed by atoms with E-state index in [2.05, 4.69) is 36.9 Å². The fraction of sp³-hybridized carbons (Fsp3) is 0.471. The molecule has 0 spiro atoms. The van der Waals surface area contributed by atoms with Crippen LogP contribution in [0.2, 0.25) is 0 Å². The normalized spacial score (nSPS) is 18.6. The van der Waals surface area contributed by atoms with Crippen LogP contribution in [0, 0.1) is 6.92 Å². The highest BCUT2D eigenvalue weighted by atomic mass is 15.2. The average molecular weight is 297 g/mol. The number of rotatable bonds is 4. The van der Waals surface area contributed by atoms with Crippen LogP contribution in [0.15, 0.2) is 30.7 Å². The quantitative estimate of drug-likeness (QED) is 0.868. The first kappa shape index (κ1) is 14.9. The molecule has 0 N–H and O–H groups in total.